The Kier molecular flexibility index (Phi) is 5.07. The molecule has 0 aliphatic carbocycles. The van der Waals surface area contributed by atoms with Crippen LogP contribution in [0.15, 0.2) is 64.4 Å². The van der Waals surface area contributed by atoms with Crippen LogP contribution in [-0.2, 0) is 5.75 Å². The van der Waals surface area contributed by atoms with Gasteiger partial charge in [-0.05, 0) is 30.7 Å². The molecule has 0 saturated carbocycles. The average Bonchev–Trinajstić information content (AvgIpc) is 3.49. The predicted molar refractivity (Wildman–Crippen MR) is 121 cm³/mol. The summed E-state index contributed by atoms with van der Waals surface area (Å²) in [5.41, 5.74) is 4.27. The van der Waals surface area contributed by atoms with Crippen LogP contribution < -0.4 is 0 Å². The monoisotopic (exact) mass is 430 g/mol. The van der Waals surface area contributed by atoms with E-state index in [2.05, 4.69) is 67.1 Å². The molecular formula is C23H22N6OS. The molecule has 156 valence electrons. The SMILES string of the molecule is Cc1cccc(-n2c(SCc3noc(C(C)C)n3)nnc2-c2c[nH]c3ccccc23)c1. The van der Waals surface area contributed by atoms with E-state index in [1.54, 1.807) is 11.8 Å². The molecule has 0 aliphatic heterocycles. The first kappa shape index (κ1) is 19.6. The Bertz CT molecular complexity index is 1350. The number of nitrogens with one attached hydrogen (secondary N) is 1. The molecule has 0 spiro atoms. The molecule has 5 rings (SSSR count). The molecule has 5 aromatic rings. The first-order valence-electron chi connectivity index (χ1n) is 10.1. The highest BCUT2D eigenvalue weighted by molar-refractivity contribution is 7.98. The van der Waals surface area contributed by atoms with Crippen LogP contribution in [0.2, 0.25) is 0 Å². The highest BCUT2D eigenvalue weighted by atomic mass is 32.2. The van der Waals surface area contributed by atoms with E-state index in [-0.39, 0.29) is 5.92 Å². The van der Waals surface area contributed by atoms with E-state index in [9.17, 15) is 0 Å². The molecule has 7 nitrogen and oxygen atoms in total. The minimum atomic E-state index is 0.204. The van der Waals surface area contributed by atoms with Crippen molar-refractivity contribution in [2.45, 2.75) is 37.6 Å². The Hall–Kier alpha value is -3.39. The lowest BCUT2D eigenvalue weighted by Crippen LogP contribution is -2.00. The highest BCUT2D eigenvalue weighted by Crippen LogP contribution is 2.33. The van der Waals surface area contributed by atoms with Gasteiger partial charge in [-0.25, -0.2) is 0 Å². The molecule has 8 heteroatoms. The minimum Gasteiger partial charge on any atom is -0.360 e. The Balaban J connectivity index is 1.57. The summed E-state index contributed by atoms with van der Waals surface area (Å²) in [7, 11) is 0. The van der Waals surface area contributed by atoms with E-state index in [1.807, 2.05) is 38.2 Å². The molecule has 0 atom stereocenters. The number of rotatable bonds is 6. The van der Waals surface area contributed by atoms with Crippen LogP contribution in [-0.4, -0.2) is 29.9 Å². The van der Waals surface area contributed by atoms with Gasteiger partial charge in [-0.15, -0.1) is 10.2 Å². The number of hydrogen-bond acceptors (Lipinski definition) is 6. The number of para-hydroxylation sites is 1. The average molecular weight is 431 g/mol. The van der Waals surface area contributed by atoms with Gasteiger partial charge >= 0.3 is 0 Å². The summed E-state index contributed by atoms with van der Waals surface area (Å²) in [6, 6.07) is 16.5. The maximum absolute atomic E-state index is 5.34. The van der Waals surface area contributed by atoms with Crippen molar-refractivity contribution in [2.24, 2.45) is 0 Å². The molecule has 0 saturated heterocycles. The van der Waals surface area contributed by atoms with Crippen LogP contribution in [0.1, 0.15) is 37.0 Å². The van der Waals surface area contributed by atoms with Crippen molar-refractivity contribution in [1.82, 2.24) is 29.9 Å². The van der Waals surface area contributed by atoms with Crippen LogP contribution in [0.3, 0.4) is 0 Å². The van der Waals surface area contributed by atoms with Gasteiger partial charge in [0.15, 0.2) is 16.8 Å². The maximum atomic E-state index is 5.34. The number of thioether (sulfide) groups is 1. The largest absolute Gasteiger partial charge is 0.360 e. The number of hydrogen-bond donors (Lipinski definition) is 1. The first-order valence-corrected chi connectivity index (χ1v) is 11.1. The van der Waals surface area contributed by atoms with Gasteiger partial charge in [0.2, 0.25) is 5.89 Å². The summed E-state index contributed by atoms with van der Waals surface area (Å²) in [5.74, 6) is 2.85. The molecule has 1 N–H and O–H groups in total. The van der Waals surface area contributed by atoms with E-state index in [0.717, 1.165) is 33.1 Å². The number of fused-ring (bicyclic) bond motifs is 1. The lowest BCUT2D eigenvalue weighted by molar-refractivity contribution is 0.362. The number of aryl methyl sites for hydroxylation is 1. The lowest BCUT2D eigenvalue weighted by Gasteiger charge is -2.10. The van der Waals surface area contributed by atoms with Crippen LogP contribution in [0.4, 0.5) is 0 Å². The number of nitrogens with zero attached hydrogens (tertiary/aromatic N) is 5. The molecule has 0 amide bonds. The Labute approximate surface area is 183 Å². The summed E-state index contributed by atoms with van der Waals surface area (Å²) in [6.07, 6.45) is 1.99. The van der Waals surface area contributed by atoms with E-state index in [0.29, 0.717) is 17.5 Å². The molecule has 31 heavy (non-hydrogen) atoms. The lowest BCUT2D eigenvalue weighted by atomic mass is 10.1. The number of aromatic nitrogens is 6. The molecule has 3 heterocycles. The summed E-state index contributed by atoms with van der Waals surface area (Å²) in [4.78, 5) is 7.81. The van der Waals surface area contributed by atoms with Crippen LogP contribution in [0.5, 0.6) is 0 Å². The third kappa shape index (κ3) is 3.74. The zero-order chi connectivity index (χ0) is 21.4. The summed E-state index contributed by atoms with van der Waals surface area (Å²) < 4.78 is 7.43. The maximum Gasteiger partial charge on any atom is 0.229 e. The second kappa shape index (κ2) is 8.03. The molecule has 0 bridgehead atoms. The normalized spacial score (nSPS) is 11.6. The standard InChI is InChI=1S/C23H22N6OS/c1-14(2)22-25-20(28-30-22)13-31-23-27-26-21(29(23)16-8-6-7-15(3)11-16)18-12-24-19-10-5-4-9-17(18)19/h4-12,14,24H,13H2,1-3H3. The van der Waals surface area contributed by atoms with Crippen LogP contribution in [0.25, 0.3) is 28.0 Å². The first-order chi connectivity index (χ1) is 15.1. The number of H-pyrrole nitrogens is 1. The number of aromatic amines is 1. The van der Waals surface area contributed by atoms with Crippen molar-refractivity contribution < 1.29 is 4.52 Å². The minimum absolute atomic E-state index is 0.204. The van der Waals surface area contributed by atoms with Gasteiger partial charge in [0.25, 0.3) is 0 Å². The van der Waals surface area contributed by atoms with Gasteiger partial charge in [-0.2, -0.15) is 4.98 Å². The van der Waals surface area contributed by atoms with Gasteiger partial charge in [-0.3, -0.25) is 4.57 Å². The van der Waals surface area contributed by atoms with Crippen molar-refractivity contribution in [3.05, 3.63) is 72.0 Å². The third-order valence-electron chi connectivity index (χ3n) is 5.03. The quantitative estimate of drug-likeness (QED) is 0.357. The molecule has 3 aromatic heterocycles. The zero-order valence-electron chi connectivity index (χ0n) is 17.5. The summed E-state index contributed by atoms with van der Waals surface area (Å²) in [6.45, 7) is 6.15. The second-order valence-corrected chi connectivity index (χ2v) is 8.66. The zero-order valence-corrected chi connectivity index (χ0v) is 18.3. The molecular weight excluding hydrogens is 408 g/mol. The van der Waals surface area contributed by atoms with E-state index in [4.69, 9.17) is 4.52 Å². The van der Waals surface area contributed by atoms with Gasteiger partial charge in [0.1, 0.15) is 0 Å². The Morgan fingerprint density at radius 2 is 1.97 bits per heavy atom. The third-order valence-corrected chi connectivity index (χ3v) is 5.96. The van der Waals surface area contributed by atoms with Gasteiger partial charge in [0, 0.05) is 34.3 Å². The van der Waals surface area contributed by atoms with Crippen molar-refractivity contribution in [3.8, 4) is 17.1 Å². The van der Waals surface area contributed by atoms with Crippen molar-refractivity contribution in [2.75, 3.05) is 0 Å². The molecule has 0 radical (unpaired) electrons. The smallest absolute Gasteiger partial charge is 0.229 e. The van der Waals surface area contributed by atoms with Gasteiger partial charge < -0.3 is 9.51 Å². The second-order valence-electron chi connectivity index (χ2n) is 7.72. The van der Waals surface area contributed by atoms with Crippen molar-refractivity contribution in [1.29, 1.82) is 0 Å². The fraction of sp³-hybridized carbons (Fsp3) is 0.217. The van der Waals surface area contributed by atoms with Crippen LogP contribution >= 0.6 is 11.8 Å². The fourth-order valence-corrected chi connectivity index (χ4v) is 4.28. The van der Waals surface area contributed by atoms with Gasteiger partial charge in [-0.1, -0.05) is 61.1 Å². The van der Waals surface area contributed by atoms with E-state index >= 15 is 0 Å². The van der Waals surface area contributed by atoms with E-state index in [1.165, 1.54) is 5.56 Å². The number of benzene rings is 2. The molecule has 2 aromatic carbocycles. The topological polar surface area (TPSA) is 85.4 Å². The van der Waals surface area contributed by atoms with Crippen molar-refractivity contribution in [3.63, 3.8) is 0 Å². The summed E-state index contributed by atoms with van der Waals surface area (Å²) in [5, 5.41) is 15.1. The van der Waals surface area contributed by atoms with Crippen LogP contribution in [0, 0.1) is 6.92 Å². The van der Waals surface area contributed by atoms with Gasteiger partial charge in [0.05, 0.1) is 5.75 Å². The Morgan fingerprint density at radius 1 is 1.10 bits per heavy atom. The summed E-state index contributed by atoms with van der Waals surface area (Å²) >= 11 is 1.54. The molecule has 0 aliphatic rings. The fourth-order valence-electron chi connectivity index (χ4n) is 3.48. The van der Waals surface area contributed by atoms with E-state index < -0.39 is 0 Å². The molecule has 0 unspecified atom stereocenters. The Morgan fingerprint density at radius 3 is 2.77 bits per heavy atom. The van der Waals surface area contributed by atoms with Crippen molar-refractivity contribution >= 4 is 22.7 Å². The molecule has 0 fully saturated rings. The predicted octanol–water partition coefficient (Wildman–Crippen LogP) is 5.52. The highest BCUT2D eigenvalue weighted by Gasteiger charge is 2.20.